The van der Waals surface area contributed by atoms with Crippen LogP contribution in [0.25, 0.3) is 0 Å². The molecule has 0 amide bonds. The van der Waals surface area contributed by atoms with Gasteiger partial charge in [0.25, 0.3) is 0 Å². The first-order valence-electron chi connectivity index (χ1n) is 6.95. The number of piperidine rings is 1. The Bertz CT molecular complexity index is 499. The highest BCUT2D eigenvalue weighted by atomic mass is 16.5. The Morgan fingerprint density at radius 1 is 1.32 bits per heavy atom. The van der Waals surface area contributed by atoms with Gasteiger partial charge in [0.2, 0.25) is 0 Å². The molecule has 3 atom stereocenters. The number of esters is 1. The molecule has 102 valence electrons. The van der Waals surface area contributed by atoms with E-state index in [0.29, 0.717) is 5.92 Å². The van der Waals surface area contributed by atoms with Crippen LogP contribution in [0, 0.1) is 11.8 Å². The molecule has 1 heterocycles. The van der Waals surface area contributed by atoms with Crippen LogP contribution in [0.1, 0.15) is 30.9 Å². The van der Waals surface area contributed by atoms with E-state index < -0.39 is 5.41 Å². The van der Waals surface area contributed by atoms with Crippen molar-refractivity contribution < 1.29 is 9.53 Å². The Morgan fingerprint density at radius 3 is 2.63 bits per heavy atom. The second-order valence-electron chi connectivity index (χ2n) is 6.25. The Balaban J connectivity index is 1.86. The van der Waals surface area contributed by atoms with Crippen LogP contribution in [0.4, 0.5) is 0 Å². The normalized spacial score (nSPS) is 28.9. The fraction of sp³-hybridized carbons (Fsp3) is 0.562. The molecule has 2 aliphatic rings. The summed E-state index contributed by atoms with van der Waals surface area (Å²) < 4.78 is 4.91. The van der Waals surface area contributed by atoms with Crippen LogP contribution in [-0.4, -0.2) is 26.2 Å². The van der Waals surface area contributed by atoms with Crippen molar-refractivity contribution in [1.29, 1.82) is 0 Å². The van der Waals surface area contributed by atoms with Crippen LogP contribution >= 0.6 is 0 Å². The quantitative estimate of drug-likeness (QED) is 0.845. The summed E-state index contributed by atoms with van der Waals surface area (Å²) in [4.78, 5) is 11.9. The summed E-state index contributed by atoms with van der Waals surface area (Å²) in [5.74, 6) is 2.12. The minimum Gasteiger partial charge on any atom is -0.468 e. The lowest BCUT2D eigenvalue weighted by molar-refractivity contribution is -0.146. The number of nitrogens with one attached hydrogen (secondary N) is 1. The maximum absolute atomic E-state index is 11.9. The van der Waals surface area contributed by atoms with Gasteiger partial charge in [-0.05, 0) is 55.8 Å². The summed E-state index contributed by atoms with van der Waals surface area (Å²) >= 11 is 0. The molecule has 1 aromatic rings. The number of hydrogen-bond donors (Lipinski definition) is 1. The third-order valence-corrected chi connectivity index (χ3v) is 4.78. The number of hydrogen-bond acceptors (Lipinski definition) is 3. The van der Waals surface area contributed by atoms with E-state index in [2.05, 4.69) is 23.5 Å². The molecule has 0 radical (unpaired) electrons. The molecular formula is C16H21NO2. The first-order valence-corrected chi connectivity index (χ1v) is 6.95. The molecule has 3 nitrogen and oxygen atoms in total. The van der Waals surface area contributed by atoms with Crippen molar-refractivity contribution in [1.82, 2.24) is 5.32 Å². The number of benzene rings is 1. The van der Waals surface area contributed by atoms with Gasteiger partial charge in [0.05, 0.1) is 12.5 Å². The van der Waals surface area contributed by atoms with Crippen molar-refractivity contribution in [3.05, 3.63) is 35.4 Å². The summed E-state index contributed by atoms with van der Waals surface area (Å²) in [5.41, 5.74) is 1.85. The highest BCUT2D eigenvalue weighted by Gasteiger charge is 2.53. The minimum absolute atomic E-state index is 0.178. The van der Waals surface area contributed by atoms with E-state index in [1.54, 1.807) is 0 Å². The van der Waals surface area contributed by atoms with Crippen molar-refractivity contribution in [3.8, 4) is 0 Å². The monoisotopic (exact) mass is 259 g/mol. The van der Waals surface area contributed by atoms with Crippen molar-refractivity contribution in [3.63, 3.8) is 0 Å². The van der Waals surface area contributed by atoms with Crippen molar-refractivity contribution in [2.24, 2.45) is 11.8 Å². The van der Waals surface area contributed by atoms with Gasteiger partial charge >= 0.3 is 5.97 Å². The maximum Gasteiger partial charge on any atom is 0.315 e. The average Bonchev–Trinajstić information content (AvgIpc) is 2.91. The van der Waals surface area contributed by atoms with Crippen molar-refractivity contribution in [2.45, 2.75) is 25.2 Å². The van der Waals surface area contributed by atoms with E-state index >= 15 is 0 Å². The molecule has 19 heavy (non-hydrogen) atoms. The molecule has 0 unspecified atom stereocenters. The fourth-order valence-electron chi connectivity index (χ4n) is 3.42. The number of carbonyl (C=O) groups excluding carboxylic acids is 1. The third-order valence-electron chi connectivity index (χ3n) is 4.78. The van der Waals surface area contributed by atoms with Crippen LogP contribution < -0.4 is 5.32 Å². The SMILES string of the molecule is COC(=O)C(C)(C)c1cccc([C@H]2[C@@H]3CNC[C@@H]32)c1. The molecule has 1 saturated heterocycles. The molecule has 0 spiro atoms. The Kier molecular flexibility index (Phi) is 2.90. The van der Waals surface area contributed by atoms with E-state index in [1.165, 1.54) is 12.7 Å². The van der Waals surface area contributed by atoms with E-state index in [9.17, 15) is 4.79 Å². The number of rotatable bonds is 3. The molecule has 1 N–H and O–H groups in total. The third kappa shape index (κ3) is 1.96. The standard InChI is InChI=1S/C16H21NO2/c1-16(2,15(18)19-3)11-6-4-5-10(7-11)14-12-8-17-9-13(12)14/h4-7,12-14,17H,8-9H2,1-3H3/t12-,13+,14+. The molecule has 1 saturated carbocycles. The van der Waals surface area contributed by atoms with Crippen molar-refractivity contribution >= 4 is 5.97 Å². The highest BCUT2D eigenvalue weighted by molar-refractivity contribution is 5.82. The van der Waals surface area contributed by atoms with E-state index in [0.717, 1.165) is 30.5 Å². The Hall–Kier alpha value is -1.35. The number of carbonyl (C=O) groups is 1. The molecule has 1 aliphatic carbocycles. The van der Waals surface area contributed by atoms with Gasteiger partial charge in [-0.25, -0.2) is 0 Å². The van der Waals surface area contributed by atoms with Crippen LogP contribution in [-0.2, 0) is 14.9 Å². The van der Waals surface area contributed by atoms with Gasteiger partial charge in [0.15, 0.2) is 0 Å². The molecule has 3 rings (SSSR count). The Labute approximate surface area is 114 Å². The van der Waals surface area contributed by atoms with E-state index in [1.807, 2.05) is 19.9 Å². The highest BCUT2D eigenvalue weighted by Crippen LogP contribution is 2.56. The minimum atomic E-state index is -0.576. The molecular weight excluding hydrogens is 238 g/mol. The molecule has 0 bridgehead atoms. The fourth-order valence-corrected chi connectivity index (χ4v) is 3.42. The molecule has 2 fully saturated rings. The second kappa shape index (κ2) is 4.34. The molecule has 1 aliphatic heterocycles. The predicted octanol–water partition coefficient (Wildman–Crippen LogP) is 2.07. The van der Waals surface area contributed by atoms with Gasteiger partial charge in [-0.2, -0.15) is 0 Å². The Morgan fingerprint density at radius 2 is 2.00 bits per heavy atom. The van der Waals surface area contributed by atoms with E-state index in [4.69, 9.17) is 4.74 Å². The largest absolute Gasteiger partial charge is 0.468 e. The summed E-state index contributed by atoms with van der Waals surface area (Å²) in [5, 5.41) is 3.42. The number of methoxy groups -OCH3 is 1. The zero-order valence-corrected chi connectivity index (χ0v) is 11.8. The van der Waals surface area contributed by atoms with Gasteiger partial charge in [-0.3, -0.25) is 4.79 Å². The molecule has 0 aromatic heterocycles. The van der Waals surface area contributed by atoms with Gasteiger partial charge < -0.3 is 10.1 Å². The van der Waals surface area contributed by atoms with Crippen LogP contribution in [0.3, 0.4) is 0 Å². The van der Waals surface area contributed by atoms with Crippen LogP contribution in [0.2, 0.25) is 0 Å². The first kappa shape index (κ1) is 12.7. The van der Waals surface area contributed by atoms with Crippen LogP contribution in [0.5, 0.6) is 0 Å². The topological polar surface area (TPSA) is 38.3 Å². The molecule has 1 aromatic carbocycles. The number of ether oxygens (including phenoxy) is 1. The maximum atomic E-state index is 11.9. The van der Waals surface area contributed by atoms with Gasteiger partial charge in [0, 0.05) is 0 Å². The molecule has 3 heteroatoms. The lowest BCUT2D eigenvalue weighted by atomic mass is 9.83. The summed E-state index contributed by atoms with van der Waals surface area (Å²) in [6.07, 6.45) is 0. The van der Waals surface area contributed by atoms with Gasteiger partial charge in [-0.1, -0.05) is 24.3 Å². The van der Waals surface area contributed by atoms with Crippen molar-refractivity contribution in [2.75, 3.05) is 20.2 Å². The predicted molar refractivity (Wildman–Crippen MR) is 74.1 cm³/mol. The van der Waals surface area contributed by atoms with E-state index in [-0.39, 0.29) is 5.97 Å². The second-order valence-corrected chi connectivity index (χ2v) is 6.25. The zero-order chi connectivity index (χ0) is 13.6. The number of fused-ring (bicyclic) bond motifs is 1. The first-order chi connectivity index (χ1) is 9.05. The van der Waals surface area contributed by atoms with Crippen LogP contribution in [0.15, 0.2) is 24.3 Å². The smallest absolute Gasteiger partial charge is 0.315 e. The lowest BCUT2D eigenvalue weighted by Gasteiger charge is -2.22. The summed E-state index contributed by atoms with van der Waals surface area (Å²) in [6.45, 7) is 6.13. The lowest BCUT2D eigenvalue weighted by Crippen LogP contribution is -2.30. The van der Waals surface area contributed by atoms with Gasteiger partial charge in [-0.15, -0.1) is 0 Å². The average molecular weight is 259 g/mol. The van der Waals surface area contributed by atoms with Gasteiger partial charge in [0.1, 0.15) is 0 Å². The zero-order valence-electron chi connectivity index (χ0n) is 11.8. The summed E-state index contributed by atoms with van der Waals surface area (Å²) in [6, 6.07) is 8.48. The summed E-state index contributed by atoms with van der Waals surface area (Å²) in [7, 11) is 1.45.